The van der Waals surface area contributed by atoms with Gasteiger partial charge >= 0.3 is 6.09 Å². The molecule has 1 amide bonds. The summed E-state index contributed by atoms with van der Waals surface area (Å²) in [6.45, 7) is 5.27. The van der Waals surface area contributed by atoms with E-state index in [9.17, 15) is 4.79 Å². The first-order valence-electron chi connectivity index (χ1n) is 8.09. The second-order valence-electron chi connectivity index (χ2n) is 5.89. The highest BCUT2D eigenvalue weighted by molar-refractivity contribution is 5.88. The molecule has 122 valence electrons. The number of allylic oxidation sites excluding steroid dienone is 2. The van der Waals surface area contributed by atoms with Gasteiger partial charge in [-0.05, 0) is 30.4 Å². The molecule has 0 aromatic carbocycles. The summed E-state index contributed by atoms with van der Waals surface area (Å²) in [6.07, 6.45) is 9.99. The van der Waals surface area contributed by atoms with Crippen molar-refractivity contribution in [3.63, 3.8) is 0 Å². The third-order valence-electron chi connectivity index (χ3n) is 4.13. The average molecular weight is 314 g/mol. The van der Waals surface area contributed by atoms with Crippen LogP contribution in [0.25, 0.3) is 0 Å². The van der Waals surface area contributed by atoms with Crippen LogP contribution in [0, 0.1) is 5.92 Å². The lowest BCUT2D eigenvalue weighted by molar-refractivity contribution is 0.181. The Morgan fingerprint density at radius 3 is 3.04 bits per heavy atom. The predicted molar refractivity (Wildman–Crippen MR) is 89.4 cm³/mol. The fourth-order valence-electron chi connectivity index (χ4n) is 2.75. The highest BCUT2D eigenvalue weighted by Gasteiger charge is 2.25. The number of cyclic esters (lactones) is 1. The van der Waals surface area contributed by atoms with E-state index in [1.54, 1.807) is 12.3 Å². The third kappa shape index (κ3) is 3.52. The van der Waals surface area contributed by atoms with Crippen LogP contribution in [-0.2, 0) is 4.74 Å². The Kier molecular flexibility index (Phi) is 4.60. The number of carbonyl (C=O) groups is 1. The smallest absolute Gasteiger partial charge is 0.415 e. The standard InChI is InChI=1S/C17H22N4O2/c1-3-14(13-6-4-12(2)5-7-13)19-16-18-9-8-15(20-16)21-10-11-23-17(21)22/h4,6-9,12,14H,3,5,10-11H2,1-2H3,(H,18,19,20)/t12?,14-/m0/s1. The van der Waals surface area contributed by atoms with Gasteiger partial charge in [0.1, 0.15) is 12.4 Å². The molecule has 1 saturated heterocycles. The maximum absolute atomic E-state index is 11.6. The normalized spacial score (nSPS) is 21.8. The van der Waals surface area contributed by atoms with E-state index < -0.39 is 0 Å². The molecule has 2 aliphatic rings. The first kappa shape index (κ1) is 15.5. The summed E-state index contributed by atoms with van der Waals surface area (Å²) in [5, 5.41) is 3.37. The van der Waals surface area contributed by atoms with Gasteiger partial charge in [-0.3, -0.25) is 4.90 Å². The Morgan fingerprint density at radius 2 is 2.39 bits per heavy atom. The molecule has 23 heavy (non-hydrogen) atoms. The second-order valence-corrected chi connectivity index (χ2v) is 5.89. The van der Waals surface area contributed by atoms with E-state index in [1.165, 1.54) is 10.5 Å². The predicted octanol–water partition coefficient (Wildman–Crippen LogP) is 3.15. The number of nitrogens with one attached hydrogen (secondary N) is 1. The van der Waals surface area contributed by atoms with Crippen LogP contribution < -0.4 is 10.2 Å². The molecular formula is C17H22N4O2. The molecule has 0 saturated carbocycles. The van der Waals surface area contributed by atoms with Crippen LogP contribution in [0.1, 0.15) is 26.7 Å². The monoisotopic (exact) mass is 314 g/mol. The van der Waals surface area contributed by atoms with Crippen LogP contribution in [0.4, 0.5) is 16.6 Å². The summed E-state index contributed by atoms with van der Waals surface area (Å²) in [5.41, 5.74) is 1.26. The number of hydrogen-bond acceptors (Lipinski definition) is 5. The number of nitrogens with zero attached hydrogens (tertiary/aromatic N) is 3. The van der Waals surface area contributed by atoms with Gasteiger partial charge in [0.25, 0.3) is 0 Å². The molecule has 1 fully saturated rings. The quantitative estimate of drug-likeness (QED) is 0.904. The molecule has 6 heteroatoms. The Morgan fingerprint density at radius 1 is 1.52 bits per heavy atom. The molecule has 0 bridgehead atoms. The maximum Gasteiger partial charge on any atom is 0.415 e. The zero-order chi connectivity index (χ0) is 16.2. The summed E-state index contributed by atoms with van der Waals surface area (Å²) in [7, 11) is 0. The third-order valence-corrected chi connectivity index (χ3v) is 4.13. The fraction of sp³-hybridized carbons (Fsp3) is 0.471. The molecule has 1 aromatic heterocycles. The van der Waals surface area contributed by atoms with E-state index in [4.69, 9.17) is 4.74 Å². The average Bonchev–Trinajstić information content (AvgIpc) is 3.00. The number of aromatic nitrogens is 2. The van der Waals surface area contributed by atoms with Crippen molar-refractivity contribution in [3.8, 4) is 0 Å². The van der Waals surface area contributed by atoms with Gasteiger partial charge in [0.15, 0.2) is 0 Å². The van der Waals surface area contributed by atoms with Gasteiger partial charge in [-0.15, -0.1) is 0 Å². The number of carbonyl (C=O) groups excluding carboxylic acids is 1. The highest BCUT2D eigenvalue weighted by atomic mass is 16.6. The molecule has 1 unspecified atom stereocenters. The van der Waals surface area contributed by atoms with Crippen LogP contribution in [0.5, 0.6) is 0 Å². The molecule has 1 N–H and O–H groups in total. The first-order valence-corrected chi connectivity index (χ1v) is 8.09. The molecule has 0 spiro atoms. The second kappa shape index (κ2) is 6.81. The topological polar surface area (TPSA) is 67.3 Å². The maximum atomic E-state index is 11.6. The van der Waals surface area contributed by atoms with E-state index in [1.807, 2.05) is 0 Å². The van der Waals surface area contributed by atoms with E-state index >= 15 is 0 Å². The van der Waals surface area contributed by atoms with Gasteiger partial charge in [-0.1, -0.05) is 32.1 Å². The summed E-state index contributed by atoms with van der Waals surface area (Å²) >= 11 is 0. The molecule has 1 aromatic rings. The lowest BCUT2D eigenvalue weighted by Crippen LogP contribution is -2.26. The molecule has 3 rings (SSSR count). The van der Waals surface area contributed by atoms with Crippen molar-refractivity contribution in [2.75, 3.05) is 23.4 Å². The van der Waals surface area contributed by atoms with Gasteiger partial charge in [0.2, 0.25) is 5.95 Å². The summed E-state index contributed by atoms with van der Waals surface area (Å²) in [6, 6.07) is 1.89. The lowest BCUT2D eigenvalue weighted by Gasteiger charge is -2.22. The highest BCUT2D eigenvalue weighted by Crippen LogP contribution is 2.22. The molecule has 2 atom stereocenters. The van der Waals surface area contributed by atoms with Crippen molar-refractivity contribution in [1.29, 1.82) is 0 Å². The number of amides is 1. The number of rotatable bonds is 5. The first-order chi connectivity index (χ1) is 11.2. The van der Waals surface area contributed by atoms with Gasteiger partial charge in [0, 0.05) is 6.20 Å². The summed E-state index contributed by atoms with van der Waals surface area (Å²) in [5.74, 6) is 1.70. The Bertz CT molecular complexity index is 641. The van der Waals surface area contributed by atoms with Crippen LogP contribution in [0.15, 0.2) is 36.1 Å². The largest absolute Gasteiger partial charge is 0.447 e. The van der Waals surface area contributed by atoms with Crippen LogP contribution in [-0.4, -0.2) is 35.3 Å². The lowest BCUT2D eigenvalue weighted by atomic mass is 9.93. The zero-order valence-corrected chi connectivity index (χ0v) is 13.5. The Balaban J connectivity index is 1.74. The molecule has 2 heterocycles. The summed E-state index contributed by atoms with van der Waals surface area (Å²) < 4.78 is 4.96. The Labute approximate surface area is 136 Å². The zero-order valence-electron chi connectivity index (χ0n) is 13.5. The van der Waals surface area contributed by atoms with Gasteiger partial charge in [-0.2, -0.15) is 4.98 Å². The molecule has 0 radical (unpaired) electrons. The van der Waals surface area contributed by atoms with Crippen molar-refractivity contribution >= 4 is 17.9 Å². The Hall–Kier alpha value is -2.37. The van der Waals surface area contributed by atoms with Crippen molar-refractivity contribution in [1.82, 2.24) is 9.97 Å². The minimum Gasteiger partial charge on any atom is -0.447 e. The van der Waals surface area contributed by atoms with E-state index in [2.05, 4.69) is 47.4 Å². The number of anilines is 2. The van der Waals surface area contributed by atoms with Crippen molar-refractivity contribution < 1.29 is 9.53 Å². The van der Waals surface area contributed by atoms with Gasteiger partial charge in [-0.25, -0.2) is 9.78 Å². The van der Waals surface area contributed by atoms with E-state index in [-0.39, 0.29) is 12.1 Å². The van der Waals surface area contributed by atoms with Crippen LogP contribution in [0.3, 0.4) is 0 Å². The summed E-state index contributed by atoms with van der Waals surface area (Å²) in [4.78, 5) is 21.9. The minimum atomic E-state index is -0.353. The number of ether oxygens (including phenoxy) is 1. The van der Waals surface area contributed by atoms with E-state index in [0.717, 1.165) is 12.8 Å². The van der Waals surface area contributed by atoms with Crippen molar-refractivity contribution in [3.05, 3.63) is 36.1 Å². The fourth-order valence-corrected chi connectivity index (χ4v) is 2.75. The molecular weight excluding hydrogens is 292 g/mol. The molecule has 1 aliphatic carbocycles. The molecule has 1 aliphatic heterocycles. The van der Waals surface area contributed by atoms with Gasteiger partial charge in [0.05, 0.1) is 12.6 Å². The SMILES string of the molecule is CC[C@H](Nc1nccc(N2CCOC2=O)n1)C1=CCC(C)C=C1. The van der Waals surface area contributed by atoms with E-state index in [0.29, 0.717) is 30.8 Å². The van der Waals surface area contributed by atoms with Crippen molar-refractivity contribution in [2.45, 2.75) is 32.7 Å². The van der Waals surface area contributed by atoms with Crippen LogP contribution >= 0.6 is 0 Å². The number of hydrogen-bond donors (Lipinski definition) is 1. The minimum absolute atomic E-state index is 0.166. The van der Waals surface area contributed by atoms with Gasteiger partial charge < -0.3 is 10.1 Å². The molecule has 6 nitrogen and oxygen atoms in total. The van der Waals surface area contributed by atoms with Crippen molar-refractivity contribution in [2.24, 2.45) is 5.92 Å². The van der Waals surface area contributed by atoms with Crippen LogP contribution in [0.2, 0.25) is 0 Å².